The van der Waals surface area contributed by atoms with Gasteiger partial charge in [-0.05, 0) is 24.1 Å². The molecule has 0 fully saturated rings. The van der Waals surface area contributed by atoms with Gasteiger partial charge in [-0.1, -0.05) is 42.5 Å². The Balaban J connectivity index is 2.08. The Hall–Kier alpha value is -1.83. The van der Waals surface area contributed by atoms with Crippen molar-refractivity contribution in [2.24, 2.45) is 0 Å². The van der Waals surface area contributed by atoms with Gasteiger partial charge in [0.05, 0.1) is 5.69 Å². The maximum atomic E-state index is 13.6. The molecule has 0 saturated heterocycles. The normalized spacial score (nSPS) is 10.1. The molecule has 0 radical (unpaired) electrons. The van der Waals surface area contributed by atoms with Crippen molar-refractivity contribution in [1.29, 1.82) is 0 Å². The summed E-state index contributed by atoms with van der Waals surface area (Å²) < 4.78 is 13.6. The van der Waals surface area contributed by atoms with Crippen molar-refractivity contribution >= 4 is 5.69 Å². The summed E-state index contributed by atoms with van der Waals surface area (Å²) in [5.74, 6) is -0.168. The van der Waals surface area contributed by atoms with Gasteiger partial charge in [0.2, 0.25) is 0 Å². The Morgan fingerprint density at radius 1 is 1.00 bits per heavy atom. The summed E-state index contributed by atoms with van der Waals surface area (Å²) >= 11 is 0. The van der Waals surface area contributed by atoms with Crippen LogP contribution >= 0.6 is 0 Å². The average molecular weight is 215 g/mol. The summed E-state index contributed by atoms with van der Waals surface area (Å²) in [6.45, 7) is 2.41. The van der Waals surface area contributed by atoms with Gasteiger partial charge in [0, 0.05) is 6.54 Å². The van der Waals surface area contributed by atoms with Crippen LogP contribution in [-0.2, 0) is 6.54 Å². The Morgan fingerprint density at radius 3 is 2.50 bits per heavy atom. The molecule has 0 saturated carbocycles. The maximum absolute atomic E-state index is 13.6. The van der Waals surface area contributed by atoms with E-state index < -0.39 is 0 Å². The van der Waals surface area contributed by atoms with Gasteiger partial charge in [-0.15, -0.1) is 0 Å². The van der Waals surface area contributed by atoms with Crippen molar-refractivity contribution < 1.29 is 4.39 Å². The third kappa shape index (κ3) is 2.40. The molecule has 2 heteroatoms. The lowest BCUT2D eigenvalue weighted by molar-refractivity contribution is 0.621. The molecule has 0 aliphatic rings. The first-order valence-electron chi connectivity index (χ1n) is 5.30. The first kappa shape index (κ1) is 10.7. The molecule has 0 aromatic heterocycles. The molecule has 0 amide bonds. The molecule has 2 aromatic rings. The van der Waals surface area contributed by atoms with Crippen LogP contribution in [0.4, 0.5) is 10.1 Å². The molecule has 2 aromatic carbocycles. The van der Waals surface area contributed by atoms with Crippen LogP contribution in [0, 0.1) is 12.7 Å². The second-order valence-corrected chi connectivity index (χ2v) is 3.78. The maximum Gasteiger partial charge on any atom is 0.149 e. The quantitative estimate of drug-likeness (QED) is 0.822. The SMILES string of the molecule is Cc1cccc(NCc2ccccc2)c1F. The number of hydrogen-bond donors (Lipinski definition) is 1. The average Bonchev–Trinajstić information content (AvgIpc) is 2.32. The topological polar surface area (TPSA) is 12.0 Å². The second-order valence-electron chi connectivity index (χ2n) is 3.78. The largest absolute Gasteiger partial charge is 0.379 e. The number of halogens is 1. The smallest absolute Gasteiger partial charge is 0.149 e. The molecule has 0 aliphatic heterocycles. The van der Waals surface area contributed by atoms with Crippen molar-refractivity contribution in [3.8, 4) is 0 Å². The van der Waals surface area contributed by atoms with Crippen molar-refractivity contribution in [1.82, 2.24) is 0 Å². The molecule has 0 atom stereocenters. The zero-order valence-corrected chi connectivity index (χ0v) is 9.20. The summed E-state index contributed by atoms with van der Waals surface area (Å²) in [6.07, 6.45) is 0. The van der Waals surface area contributed by atoms with Crippen LogP contribution in [0.2, 0.25) is 0 Å². The first-order valence-corrected chi connectivity index (χ1v) is 5.30. The van der Waals surface area contributed by atoms with Gasteiger partial charge in [0.15, 0.2) is 0 Å². The fraction of sp³-hybridized carbons (Fsp3) is 0.143. The van der Waals surface area contributed by atoms with Gasteiger partial charge in [-0.25, -0.2) is 4.39 Å². The van der Waals surface area contributed by atoms with Gasteiger partial charge >= 0.3 is 0 Å². The summed E-state index contributed by atoms with van der Waals surface area (Å²) in [7, 11) is 0. The summed E-state index contributed by atoms with van der Waals surface area (Å²) in [4.78, 5) is 0. The van der Waals surface area contributed by atoms with Crippen LogP contribution < -0.4 is 5.32 Å². The summed E-state index contributed by atoms with van der Waals surface area (Å²) in [6, 6.07) is 15.3. The lowest BCUT2D eigenvalue weighted by atomic mass is 10.2. The highest BCUT2D eigenvalue weighted by Gasteiger charge is 2.03. The van der Waals surface area contributed by atoms with Crippen molar-refractivity contribution in [3.05, 3.63) is 65.5 Å². The zero-order chi connectivity index (χ0) is 11.4. The summed E-state index contributed by atoms with van der Waals surface area (Å²) in [5, 5.41) is 3.10. The van der Waals surface area contributed by atoms with E-state index in [-0.39, 0.29) is 5.82 Å². The lowest BCUT2D eigenvalue weighted by Gasteiger charge is -2.08. The van der Waals surface area contributed by atoms with Crippen LogP contribution in [0.3, 0.4) is 0 Å². The number of benzene rings is 2. The second kappa shape index (κ2) is 4.79. The molecule has 0 heterocycles. The molecule has 0 spiro atoms. The predicted molar refractivity (Wildman–Crippen MR) is 64.9 cm³/mol. The van der Waals surface area contributed by atoms with E-state index in [0.29, 0.717) is 17.8 Å². The van der Waals surface area contributed by atoms with E-state index in [9.17, 15) is 4.39 Å². The minimum Gasteiger partial charge on any atom is -0.379 e. The molecular weight excluding hydrogens is 201 g/mol. The van der Waals surface area contributed by atoms with E-state index in [1.54, 1.807) is 19.1 Å². The van der Waals surface area contributed by atoms with Gasteiger partial charge in [-0.3, -0.25) is 0 Å². The Bertz CT molecular complexity index is 465. The van der Waals surface area contributed by atoms with Gasteiger partial charge < -0.3 is 5.32 Å². The number of hydrogen-bond acceptors (Lipinski definition) is 1. The number of anilines is 1. The highest BCUT2D eigenvalue weighted by molar-refractivity contribution is 5.47. The molecule has 1 nitrogen and oxygen atoms in total. The van der Waals surface area contributed by atoms with Crippen LogP contribution in [0.15, 0.2) is 48.5 Å². The van der Waals surface area contributed by atoms with E-state index >= 15 is 0 Å². The fourth-order valence-electron chi connectivity index (χ4n) is 1.58. The van der Waals surface area contributed by atoms with Crippen molar-refractivity contribution in [2.75, 3.05) is 5.32 Å². The predicted octanol–water partition coefficient (Wildman–Crippen LogP) is 3.75. The van der Waals surface area contributed by atoms with E-state index in [4.69, 9.17) is 0 Å². The molecule has 2 rings (SSSR count). The van der Waals surface area contributed by atoms with Crippen LogP contribution in [0.25, 0.3) is 0 Å². The molecule has 82 valence electrons. The molecule has 1 N–H and O–H groups in total. The minimum absolute atomic E-state index is 0.168. The van der Waals surface area contributed by atoms with Crippen LogP contribution in [0.1, 0.15) is 11.1 Å². The Morgan fingerprint density at radius 2 is 1.75 bits per heavy atom. The van der Waals surface area contributed by atoms with E-state index in [1.807, 2.05) is 36.4 Å². The Labute approximate surface area is 94.9 Å². The van der Waals surface area contributed by atoms with Crippen LogP contribution in [-0.4, -0.2) is 0 Å². The van der Waals surface area contributed by atoms with E-state index in [2.05, 4.69) is 5.32 Å². The van der Waals surface area contributed by atoms with E-state index in [0.717, 1.165) is 5.56 Å². The van der Waals surface area contributed by atoms with Gasteiger partial charge in [0.25, 0.3) is 0 Å². The number of rotatable bonds is 3. The lowest BCUT2D eigenvalue weighted by Crippen LogP contribution is -2.01. The van der Waals surface area contributed by atoms with Crippen molar-refractivity contribution in [3.63, 3.8) is 0 Å². The minimum atomic E-state index is -0.168. The molecule has 0 bridgehead atoms. The van der Waals surface area contributed by atoms with Crippen molar-refractivity contribution in [2.45, 2.75) is 13.5 Å². The van der Waals surface area contributed by atoms with Gasteiger partial charge in [0.1, 0.15) is 5.82 Å². The highest BCUT2D eigenvalue weighted by Crippen LogP contribution is 2.17. The van der Waals surface area contributed by atoms with Crippen LogP contribution in [0.5, 0.6) is 0 Å². The number of nitrogens with one attached hydrogen (secondary N) is 1. The highest BCUT2D eigenvalue weighted by atomic mass is 19.1. The molecule has 16 heavy (non-hydrogen) atoms. The Kier molecular flexibility index (Phi) is 3.20. The molecular formula is C14H14FN. The van der Waals surface area contributed by atoms with Gasteiger partial charge in [-0.2, -0.15) is 0 Å². The first-order chi connectivity index (χ1) is 7.77. The number of aryl methyl sites for hydroxylation is 1. The molecule has 0 aliphatic carbocycles. The summed E-state index contributed by atoms with van der Waals surface area (Å²) in [5.41, 5.74) is 2.37. The third-order valence-corrected chi connectivity index (χ3v) is 2.52. The fourth-order valence-corrected chi connectivity index (χ4v) is 1.58. The monoisotopic (exact) mass is 215 g/mol. The third-order valence-electron chi connectivity index (χ3n) is 2.52. The standard InChI is InChI=1S/C14H14FN/c1-11-6-5-9-13(14(11)15)16-10-12-7-3-2-4-8-12/h2-9,16H,10H2,1H3. The molecule has 0 unspecified atom stereocenters. The zero-order valence-electron chi connectivity index (χ0n) is 9.20. The van der Waals surface area contributed by atoms with E-state index in [1.165, 1.54) is 0 Å².